The van der Waals surface area contributed by atoms with E-state index in [0.717, 1.165) is 25.0 Å². The summed E-state index contributed by atoms with van der Waals surface area (Å²) in [6.07, 6.45) is 3.00. The first-order valence-electron chi connectivity index (χ1n) is 9.00. The largest absolute Gasteiger partial charge is 0.422 e. The number of carbonyl (C=O) groups excluding carboxylic acids is 1. The number of para-hydroxylation sites is 1. The maximum Gasteiger partial charge on any atom is 0.373 e. The lowest BCUT2D eigenvalue weighted by Gasteiger charge is -2.38. The van der Waals surface area contributed by atoms with Crippen molar-refractivity contribution in [3.63, 3.8) is 0 Å². The predicted octanol–water partition coefficient (Wildman–Crippen LogP) is 4.54. The summed E-state index contributed by atoms with van der Waals surface area (Å²) >= 11 is 0. The Morgan fingerprint density at radius 1 is 1.15 bits per heavy atom. The van der Waals surface area contributed by atoms with Crippen molar-refractivity contribution in [2.24, 2.45) is 21.4 Å². The topological polar surface area (TPSA) is 68.9 Å². The van der Waals surface area contributed by atoms with Gasteiger partial charge in [-0.3, -0.25) is 0 Å². The highest BCUT2D eigenvalue weighted by atomic mass is 16.7. The van der Waals surface area contributed by atoms with Gasteiger partial charge in [0.15, 0.2) is 0 Å². The average molecular weight is 353 g/mol. The molecule has 26 heavy (non-hydrogen) atoms. The molecule has 4 rings (SSSR count). The summed E-state index contributed by atoms with van der Waals surface area (Å²) in [6, 6.07) is 8.55. The van der Waals surface area contributed by atoms with E-state index in [4.69, 9.17) is 9.25 Å². The van der Waals surface area contributed by atoms with Crippen LogP contribution in [0.1, 0.15) is 57.3 Å². The molecule has 2 saturated carbocycles. The summed E-state index contributed by atoms with van der Waals surface area (Å²) in [6.45, 7) is 9.01. The lowest BCUT2D eigenvalue weighted by atomic mass is 9.66. The van der Waals surface area contributed by atoms with Gasteiger partial charge >= 0.3 is 11.6 Å². The Morgan fingerprint density at radius 2 is 1.88 bits per heavy atom. The second-order valence-electron chi connectivity index (χ2n) is 8.60. The molecule has 0 N–H and O–H groups in total. The van der Waals surface area contributed by atoms with Crippen molar-refractivity contribution in [3.8, 4) is 0 Å². The van der Waals surface area contributed by atoms with Gasteiger partial charge in [0.05, 0.1) is 5.71 Å². The van der Waals surface area contributed by atoms with Crippen LogP contribution in [0.2, 0.25) is 0 Å². The number of rotatable bonds is 2. The van der Waals surface area contributed by atoms with Gasteiger partial charge in [0, 0.05) is 10.8 Å². The molecule has 2 bridgehead atoms. The van der Waals surface area contributed by atoms with Crippen molar-refractivity contribution in [3.05, 3.63) is 46.3 Å². The Balaban J connectivity index is 1.63. The minimum absolute atomic E-state index is 0.0872. The van der Waals surface area contributed by atoms with Crippen LogP contribution < -0.4 is 5.63 Å². The number of nitrogens with zero attached hydrogens (tertiary/aromatic N) is 1. The lowest BCUT2D eigenvalue weighted by Crippen LogP contribution is -2.34. The van der Waals surface area contributed by atoms with Crippen LogP contribution in [-0.2, 0) is 4.84 Å². The molecule has 2 atom stereocenters. The van der Waals surface area contributed by atoms with Crippen LogP contribution in [0.25, 0.3) is 11.0 Å². The normalized spacial score (nSPS) is 30.8. The van der Waals surface area contributed by atoms with Crippen LogP contribution in [-0.4, -0.2) is 11.7 Å². The Morgan fingerprint density at radius 3 is 2.54 bits per heavy atom. The van der Waals surface area contributed by atoms with Gasteiger partial charge in [-0.1, -0.05) is 51.0 Å². The molecule has 0 saturated heterocycles. The third kappa shape index (κ3) is 2.12. The zero-order chi connectivity index (χ0) is 18.7. The van der Waals surface area contributed by atoms with Gasteiger partial charge in [-0.05, 0) is 42.2 Å². The summed E-state index contributed by atoms with van der Waals surface area (Å²) in [7, 11) is 0. The van der Waals surface area contributed by atoms with Crippen molar-refractivity contribution in [1.82, 2.24) is 0 Å². The van der Waals surface area contributed by atoms with Crippen LogP contribution in [0, 0.1) is 16.2 Å². The smallest absolute Gasteiger partial charge is 0.373 e. The van der Waals surface area contributed by atoms with E-state index in [1.807, 2.05) is 6.07 Å². The third-order valence-corrected chi connectivity index (χ3v) is 7.36. The molecule has 0 spiro atoms. The molecule has 0 aliphatic heterocycles. The summed E-state index contributed by atoms with van der Waals surface area (Å²) in [5, 5.41) is 4.88. The Labute approximate surface area is 152 Å². The van der Waals surface area contributed by atoms with E-state index in [9.17, 15) is 9.59 Å². The van der Waals surface area contributed by atoms with Gasteiger partial charge in [-0.2, -0.15) is 0 Å². The van der Waals surface area contributed by atoms with Crippen LogP contribution in [0.3, 0.4) is 0 Å². The SMILES string of the molecule is CC12CCC(C)(C(=NOC(=O)c3cc4ccccc4oc3=O)C1)C2(C)C. The van der Waals surface area contributed by atoms with E-state index in [0.29, 0.717) is 11.0 Å². The van der Waals surface area contributed by atoms with Gasteiger partial charge in [-0.25, -0.2) is 9.59 Å². The molecule has 0 radical (unpaired) electrons. The van der Waals surface area contributed by atoms with Crippen molar-refractivity contribution in [1.29, 1.82) is 0 Å². The first-order chi connectivity index (χ1) is 12.2. The molecular weight excluding hydrogens is 330 g/mol. The number of fused-ring (bicyclic) bond motifs is 3. The quantitative estimate of drug-likeness (QED) is 0.451. The van der Waals surface area contributed by atoms with Crippen LogP contribution >= 0.6 is 0 Å². The van der Waals surface area contributed by atoms with E-state index < -0.39 is 11.6 Å². The molecule has 5 heteroatoms. The van der Waals surface area contributed by atoms with Crippen molar-refractivity contribution < 1.29 is 14.0 Å². The van der Waals surface area contributed by atoms with E-state index in [2.05, 4.69) is 32.9 Å². The fourth-order valence-corrected chi connectivity index (χ4v) is 4.68. The maximum absolute atomic E-state index is 12.4. The number of oxime groups is 1. The maximum atomic E-state index is 12.4. The fraction of sp³-hybridized carbons (Fsp3) is 0.476. The zero-order valence-corrected chi connectivity index (χ0v) is 15.6. The van der Waals surface area contributed by atoms with E-state index >= 15 is 0 Å². The van der Waals surface area contributed by atoms with Crippen molar-refractivity contribution >= 4 is 22.7 Å². The monoisotopic (exact) mass is 353 g/mol. The van der Waals surface area contributed by atoms with E-state index in [-0.39, 0.29) is 21.8 Å². The molecular formula is C21H23NO4. The lowest BCUT2D eigenvalue weighted by molar-refractivity contribution is 0.0503. The molecule has 1 aromatic heterocycles. The van der Waals surface area contributed by atoms with Gasteiger partial charge < -0.3 is 9.25 Å². The number of benzene rings is 1. The van der Waals surface area contributed by atoms with Crippen molar-refractivity contribution in [2.75, 3.05) is 0 Å². The zero-order valence-electron chi connectivity index (χ0n) is 15.6. The first kappa shape index (κ1) is 17.0. The standard InChI is InChI=1S/C21H23NO4/c1-19(2)20(3)9-10-21(19,4)16(12-20)22-26-18(24)14-11-13-7-5-6-8-15(13)25-17(14)23/h5-8,11H,9-10,12H2,1-4H3. The molecule has 0 amide bonds. The summed E-state index contributed by atoms with van der Waals surface area (Å²) in [5.41, 5.74) is 0.677. The molecule has 2 aliphatic rings. The third-order valence-electron chi connectivity index (χ3n) is 7.36. The molecule has 136 valence electrons. The number of carbonyl (C=O) groups is 1. The molecule has 2 fully saturated rings. The summed E-state index contributed by atoms with van der Waals surface area (Å²) < 4.78 is 5.20. The first-order valence-corrected chi connectivity index (χ1v) is 9.00. The average Bonchev–Trinajstić information content (AvgIpc) is 2.87. The van der Waals surface area contributed by atoms with Crippen LogP contribution in [0.4, 0.5) is 0 Å². The van der Waals surface area contributed by atoms with E-state index in [1.54, 1.807) is 18.2 Å². The molecule has 5 nitrogen and oxygen atoms in total. The van der Waals surface area contributed by atoms with Gasteiger partial charge in [0.25, 0.3) is 0 Å². The minimum Gasteiger partial charge on any atom is -0.422 e. The number of hydrogen-bond donors (Lipinski definition) is 0. The van der Waals surface area contributed by atoms with Gasteiger partial charge in [-0.15, -0.1) is 0 Å². The fourth-order valence-electron chi connectivity index (χ4n) is 4.68. The molecule has 1 aromatic carbocycles. The second kappa shape index (κ2) is 5.29. The molecule has 2 aromatic rings. The van der Waals surface area contributed by atoms with Crippen LogP contribution in [0.15, 0.2) is 44.7 Å². The Kier molecular flexibility index (Phi) is 3.46. The highest BCUT2D eigenvalue weighted by Gasteiger charge is 2.66. The van der Waals surface area contributed by atoms with Gasteiger partial charge in [0.1, 0.15) is 11.1 Å². The molecule has 1 heterocycles. The van der Waals surface area contributed by atoms with Crippen molar-refractivity contribution in [2.45, 2.75) is 47.0 Å². The minimum atomic E-state index is -0.772. The molecule has 2 aliphatic carbocycles. The highest BCUT2D eigenvalue weighted by Crippen LogP contribution is 2.70. The predicted molar refractivity (Wildman–Crippen MR) is 99.2 cm³/mol. The summed E-state index contributed by atoms with van der Waals surface area (Å²) in [4.78, 5) is 29.7. The van der Waals surface area contributed by atoms with Crippen LogP contribution in [0.5, 0.6) is 0 Å². The summed E-state index contributed by atoms with van der Waals surface area (Å²) in [5.74, 6) is -0.772. The molecule has 2 unspecified atom stereocenters. The Hall–Kier alpha value is -2.43. The number of hydrogen-bond acceptors (Lipinski definition) is 5. The van der Waals surface area contributed by atoms with E-state index in [1.165, 1.54) is 6.07 Å². The highest BCUT2D eigenvalue weighted by molar-refractivity contribution is 5.97. The second-order valence-corrected chi connectivity index (χ2v) is 8.60. The van der Waals surface area contributed by atoms with Gasteiger partial charge in [0.2, 0.25) is 0 Å². The Bertz CT molecular complexity index is 1000.